The molecule has 0 unspecified atom stereocenters. The Bertz CT molecular complexity index is 1480. The molecule has 3 rings (SSSR count). The lowest BCUT2D eigenvalue weighted by Gasteiger charge is -2.33. The molecule has 0 saturated heterocycles. The number of anilines is 1. The molecule has 3 aromatic rings. The van der Waals surface area contributed by atoms with Crippen molar-refractivity contribution in [3.8, 4) is 0 Å². The third kappa shape index (κ3) is 8.86. The van der Waals surface area contributed by atoms with E-state index in [2.05, 4.69) is 21.2 Å². The zero-order valence-corrected chi connectivity index (χ0v) is 25.5. The van der Waals surface area contributed by atoms with Crippen molar-refractivity contribution in [2.45, 2.75) is 39.3 Å². The fourth-order valence-electron chi connectivity index (χ4n) is 4.28. The second-order valence-corrected chi connectivity index (χ2v) is 12.5. The lowest BCUT2D eigenvalue weighted by molar-refractivity contribution is -0.384. The second kappa shape index (κ2) is 14.2. The van der Waals surface area contributed by atoms with Crippen molar-refractivity contribution in [1.29, 1.82) is 0 Å². The minimum absolute atomic E-state index is 0.0219. The van der Waals surface area contributed by atoms with Crippen molar-refractivity contribution in [2.24, 2.45) is 0 Å². The highest BCUT2D eigenvalue weighted by molar-refractivity contribution is 9.10. The summed E-state index contributed by atoms with van der Waals surface area (Å²) in [4.78, 5) is 39.8. The standard InChI is InChI=1S/C29H33BrN4O6S/c1-4-16-31-29(36)27(17-22-8-6-5-7-9-22)32(19-23-11-13-24(30)14-12-23)28(35)20-33(41(3,39)40)26-18-25(34(37)38)15-10-21(26)2/h5-15,18,27H,4,16-17,19-20H2,1-3H3,(H,31,36)/t27-/m1/s1. The van der Waals surface area contributed by atoms with E-state index in [-0.39, 0.29) is 30.2 Å². The molecule has 0 aliphatic heterocycles. The number of non-ortho nitro benzene ring substituents is 1. The maximum atomic E-state index is 14.1. The molecule has 0 aromatic heterocycles. The van der Waals surface area contributed by atoms with Gasteiger partial charge in [-0.05, 0) is 42.2 Å². The quantitative estimate of drug-likeness (QED) is 0.214. The normalized spacial score (nSPS) is 11.9. The van der Waals surface area contributed by atoms with Crippen LogP contribution in [0.15, 0.2) is 77.3 Å². The monoisotopic (exact) mass is 644 g/mol. The summed E-state index contributed by atoms with van der Waals surface area (Å²) in [6.07, 6.45) is 1.83. The molecule has 1 N–H and O–H groups in total. The van der Waals surface area contributed by atoms with Crippen molar-refractivity contribution in [3.63, 3.8) is 0 Å². The highest BCUT2D eigenvalue weighted by Crippen LogP contribution is 2.28. The van der Waals surface area contributed by atoms with E-state index in [9.17, 15) is 28.1 Å². The lowest BCUT2D eigenvalue weighted by Crippen LogP contribution is -2.53. The minimum atomic E-state index is -4.05. The van der Waals surface area contributed by atoms with Gasteiger partial charge in [-0.25, -0.2) is 8.42 Å². The number of carbonyl (C=O) groups excluding carboxylic acids is 2. The number of rotatable bonds is 13. The van der Waals surface area contributed by atoms with E-state index in [0.29, 0.717) is 18.5 Å². The number of carbonyl (C=O) groups is 2. The number of nitrogens with one attached hydrogen (secondary N) is 1. The molecule has 0 saturated carbocycles. The Morgan fingerprint density at radius 1 is 1.02 bits per heavy atom. The first-order valence-electron chi connectivity index (χ1n) is 13.0. The van der Waals surface area contributed by atoms with Gasteiger partial charge in [0, 0.05) is 36.1 Å². The Morgan fingerprint density at radius 3 is 2.27 bits per heavy atom. The Kier molecular flexibility index (Phi) is 11.0. The number of benzene rings is 3. The molecule has 0 aliphatic rings. The van der Waals surface area contributed by atoms with E-state index in [1.807, 2.05) is 61.5 Å². The number of nitrogens with zero attached hydrogens (tertiary/aromatic N) is 3. The molecule has 0 bridgehead atoms. The van der Waals surface area contributed by atoms with Gasteiger partial charge in [0.25, 0.3) is 5.69 Å². The largest absolute Gasteiger partial charge is 0.354 e. The van der Waals surface area contributed by atoms with Crippen molar-refractivity contribution >= 4 is 49.1 Å². The van der Waals surface area contributed by atoms with Crippen LogP contribution >= 0.6 is 15.9 Å². The topological polar surface area (TPSA) is 130 Å². The van der Waals surface area contributed by atoms with E-state index in [4.69, 9.17) is 0 Å². The van der Waals surface area contributed by atoms with Gasteiger partial charge < -0.3 is 10.2 Å². The fraction of sp³-hybridized carbons (Fsp3) is 0.310. The molecule has 0 aliphatic carbocycles. The van der Waals surface area contributed by atoms with E-state index < -0.39 is 33.4 Å². The number of nitro benzene ring substituents is 1. The third-order valence-corrected chi connectivity index (χ3v) is 8.09. The number of hydrogen-bond donors (Lipinski definition) is 1. The molecule has 1 atom stereocenters. The maximum absolute atomic E-state index is 14.1. The molecular formula is C29H33BrN4O6S. The predicted octanol–water partition coefficient (Wildman–Crippen LogP) is 4.60. The van der Waals surface area contributed by atoms with Gasteiger partial charge in [0.15, 0.2) is 0 Å². The summed E-state index contributed by atoms with van der Waals surface area (Å²) in [6, 6.07) is 19.4. The van der Waals surface area contributed by atoms with Gasteiger partial charge in [-0.15, -0.1) is 0 Å². The molecule has 0 radical (unpaired) electrons. The first-order chi connectivity index (χ1) is 19.4. The zero-order valence-electron chi connectivity index (χ0n) is 23.1. The SMILES string of the molecule is CCCNC(=O)[C@@H](Cc1ccccc1)N(Cc1ccc(Br)cc1)C(=O)CN(c1cc([N+](=O)[O-])ccc1C)S(C)(=O)=O. The fourth-order valence-corrected chi connectivity index (χ4v) is 5.44. The molecular weight excluding hydrogens is 612 g/mol. The highest BCUT2D eigenvalue weighted by atomic mass is 79.9. The van der Waals surface area contributed by atoms with Crippen LogP contribution in [0.5, 0.6) is 0 Å². The highest BCUT2D eigenvalue weighted by Gasteiger charge is 2.33. The van der Waals surface area contributed by atoms with Gasteiger partial charge in [0.1, 0.15) is 12.6 Å². The van der Waals surface area contributed by atoms with Crippen molar-refractivity contribution in [3.05, 3.63) is 104 Å². The number of nitro groups is 1. The summed E-state index contributed by atoms with van der Waals surface area (Å²) in [6.45, 7) is 3.32. The summed E-state index contributed by atoms with van der Waals surface area (Å²) < 4.78 is 27.6. The van der Waals surface area contributed by atoms with Gasteiger partial charge in [-0.2, -0.15) is 0 Å². The van der Waals surface area contributed by atoms with Crippen LogP contribution in [-0.2, 0) is 32.6 Å². The Balaban J connectivity index is 2.09. The van der Waals surface area contributed by atoms with Crippen molar-refractivity contribution < 1.29 is 22.9 Å². The summed E-state index contributed by atoms with van der Waals surface area (Å²) in [5.41, 5.74) is 1.72. The maximum Gasteiger partial charge on any atom is 0.271 e. The van der Waals surface area contributed by atoms with Crippen LogP contribution in [0.4, 0.5) is 11.4 Å². The second-order valence-electron chi connectivity index (χ2n) is 9.64. The molecule has 10 nitrogen and oxygen atoms in total. The molecule has 3 aromatic carbocycles. The Hall–Kier alpha value is -3.77. The van der Waals surface area contributed by atoms with E-state index in [0.717, 1.165) is 32.2 Å². The molecule has 41 heavy (non-hydrogen) atoms. The molecule has 0 spiro atoms. The summed E-state index contributed by atoms with van der Waals surface area (Å²) in [5, 5.41) is 14.3. The number of hydrogen-bond acceptors (Lipinski definition) is 6. The Morgan fingerprint density at radius 2 is 1.68 bits per heavy atom. The van der Waals surface area contributed by atoms with Crippen molar-refractivity contribution in [2.75, 3.05) is 23.7 Å². The van der Waals surface area contributed by atoms with Crippen LogP contribution in [0, 0.1) is 17.0 Å². The van der Waals surface area contributed by atoms with Crippen LogP contribution in [0.3, 0.4) is 0 Å². The first kappa shape index (κ1) is 31.8. The number of amides is 2. The van der Waals surface area contributed by atoms with Crippen molar-refractivity contribution in [1.82, 2.24) is 10.2 Å². The molecule has 12 heteroatoms. The van der Waals surface area contributed by atoms with E-state index in [1.54, 1.807) is 6.92 Å². The van der Waals surface area contributed by atoms with Crippen LogP contribution in [0.1, 0.15) is 30.0 Å². The molecule has 0 heterocycles. The van der Waals surface area contributed by atoms with Crippen LogP contribution in [-0.4, -0.2) is 55.4 Å². The van der Waals surface area contributed by atoms with Gasteiger partial charge in [0.2, 0.25) is 21.8 Å². The Labute approximate surface area is 248 Å². The minimum Gasteiger partial charge on any atom is -0.354 e. The smallest absolute Gasteiger partial charge is 0.271 e. The molecule has 218 valence electrons. The van der Waals surface area contributed by atoms with Gasteiger partial charge in [-0.3, -0.25) is 24.0 Å². The molecule has 2 amide bonds. The van der Waals surface area contributed by atoms with Crippen LogP contribution < -0.4 is 9.62 Å². The summed E-state index contributed by atoms with van der Waals surface area (Å²) in [7, 11) is -4.05. The summed E-state index contributed by atoms with van der Waals surface area (Å²) >= 11 is 3.40. The van der Waals surface area contributed by atoms with Crippen LogP contribution in [0.25, 0.3) is 0 Å². The average Bonchev–Trinajstić information content (AvgIpc) is 2.93. The summed E-state index contributed by atoms with van der Waals surface area (Å²) in [5.74, 6) is -0.990. The predicted molar refractivity (Wildman–Crippen MR) is 162 cm³/mol. The molecule has 0 fully saturated rings. The number of sulfonamides is 1. The van der Waals surface area contributed by atoms with Crippen LogP contribution in [0.2, 0.25) is 0 Å². The average molecular weight is 646 g/mol. The van der Waals surface area contributed by atoms with Gasteiger partial charge in [-0.1, -0.05) is 71.4 Å². The van der Waals surface area contributed by atoms with Gasteiger partial charge >= 0.3 is 0 Å². The van der Waals surface area contributed by atoms with Gasteiger partial charge in [0.05, 0.1) is 16.9 Å². The lowest BCUT2D eigenvalue weighted by atomic mass is 10.0. The first-order valence-corrected chi connectivity index (χ1v) is 15.6. The van der Waals surface area contributed by atoms with E-state index in [1.165, 1.54) is 17.0 Å². The zero-order chi connectivity index (χ0) is 30.2. The third-order valence-electron chi connectivity index (χ3n) is 6.44. The number of halogens is 1. The van der Waals surface area contributed by atoms with E-state index >= 15 is 0 Å². The number of aryl methyl sites for hydroxylation is 1.